The van der Waals surface area contributed by atoms with Crippen molar-refractivity contribution in [3.63, 3.8) is 0 Å². The molecule has 0 radical (unpaired) electrons. The topological polar surface area (TPSA) is 73.1 Å². The standard InChI is InChI=1S/C11H20N4O/c1-5-13-10-9(12)11(15-8(4)14-10)16-6-7(2)3/h7H,5-6,12H2,1-4H3,(H,13,14,15). The normalized spacial score (nSPS) is 10.6. The van der Waals surface area contributed by atoms with Crippen molar-refractivity contribution < 1.29 is 4.74 Å². The molecule has 3 N–H and O–H groups in total. The van der Waals surface area contributed by atoms with E-state index in [-0.39, 0.29) is 0 Å². The maximum Gasteiger partial charge on any atom is 0.242 e. The Labute approximate surface area is 96.4 Å². The second-order valence-electron chi connectivity index (χ2n) is 4.07. The number of anilines is 2. The SMILES string of the molecule is CCNc1nc(C)nc(OCC(C)C)c1N. The first-order chi connectivity index (χ1) is 7.54. The molecule has 0 aliphatic carbocycles. The molecule has 0 saturated carbocycles. The molecule has 5 nitrogen and oxygen atoms in total. The van der Waals surface area contributed by atoms with Crippen molar-refractivity contribution in [2.24, 2.45) is 5.92 Å². The molecule has 0 spiro atoms. The van der Waals surface area contributed by atoms with Gasteiger partial charge in [0.15, 0.2) is 5.82 Å². The first kappa shape index (κ1) is 12.5. The van der Waals surface area contributed by atoms with E-state index in [0.717, 1.165) is 6.54 Å². The molecule has 0 amide bonds. The second kappa shape index (κ2) is 5.53. The van der Waals surface area contributed by atoms with Crippen molar-refractivity contribution in [2.45, 2.75) is 27.7 Å². The van der Waals surface area contributed by atoms with Crippen molar-refractivity contribution >= 4 is 11.5 Å². The molecule has 0 bridgehead atoms. The van der Waals surface area contributed by atoms with E-state index >= 15 is 0 Å². The van der Waals surface area contributed by atoms with Gasteiger partial charge in [0.05, 0.1) is 6.61 Å². The maximum absolute atomic E-state index is 5.91. The van der Waals surface area contributed by atoms with E-state index in [1.54, 1.807) is 0 Å². The van der Waals surface area contributed by atoms with Gasteiger partial charge >= 0.3 is 0 Å². The summed E-state index contributed by atoms with van der Waals surface area (Å²) in [4.78, 5) is 8.41. The molecule has 1 aromatic rings. The van der Waals surface area contributed by atoms with Gasteiger partial charge in [0.1, 0.15) is 11.5 Å². The van der Waals surface area contributed by atoms with Crippen LogP contribution in [-0.2, 0) is 0 Å². The lowest BCUT2D eigenvalue weighted by Gasteiger charge is -2.13. The fourth-order valence-corrected chi connectivity index (χ4v) is 1.21. The molecule has 16 heavy (non-hydrogen) atoms. The molecule has 1 aromatic heterocycles. The average Bonchev–Trinajstić information content (AvgIpc) is 2.21. The average molecular weight is 224 g/mol. The van der Waals surface area contributed by atoms with Gasteiger partial charge in [-0.25, -0.2) is 4.98 Å². The van der Waals surface area contributed by atoms with E-state index < -0.39 is 0 Å². The predicted octanol–water partition coefficient (Wildman–Crippen LogP) is 1.83. The third kappa shape index (κ3) is 3.25. The van der Waals surface area contributed by atoms with Crippen molar-refractivity contribution in [3.05, 3.63) is 5.82 Å². The van der Waals surface area contributed by atoms with Crippen LogP contribution in [0, 0.1) is 12.8 Å². The molecule has 0 fully saturated rings. The van der Waals surface area contributed by atoms with Crippen LogP contribution in [0.15, 0.2) is 0 Å². The zero-order chi connectivity index (χ0) is 12.1. The molecule has 90 valence electrons. The Morgan fingerprint density at radius 2 is 2.06 bits per heavy atom. The van der Waals surface area contributed by atoms with Gasteiger partial charge < -0.3 is 15.8 Å². The first-order valence-electron chi connectivity index (χ1n) is 5.55. The van der Waals surface area contributed by atoms with Crippen molar-refractivity contribution in [3.8, 4) is 5.88 Å². The molecule has 0 atom stereocenters. The zero-order valence-electron chi connectivity index (χ0n) is 10.4. The van der Waals surface area contributed by atoms with Crippen LogP contribution in [0.4, 0.5) is 11.5 Å². The Morgan fingerprint density at radius 1 is 1.38 bits per heavy atom. The van der Waals surface area contributed by atoms with Gasteiger partial charge in [-0.1, -0.05) is 13.8 Å². The number of nitrogens with zero attached hydrogens (tertiary/aromatic N) is 2. The molecular formula is C11H20N4O. The van der Waals surface area contributed by atoms with Crippen LogP contribution in [0.3, 0.4) is 0 Å². The van der Waals surface area contributed by atoms with Crippen LogP contribution >= 0.6 is 0 Å². The van der Waals surface area contributed by atoms with E-state index in [1.165, 1.54) is 0 Å². The number of nitrogens with two attached hydrogens (primary N) is 1. The van der Waals surface area contributed by atoms with Crippen molar-refractivity contribution in [2.75, 3.05) is 24.2 Å². The van der Waals surface area contributed by atoms with Crippen molar-refractivity contribution in [1.82, 2.24) is 9.97 Å². The van der Waals surface area contributed by atoms with E-state index in [4.69, 9.17) is 10.5 Å². The fraction of sp³-hybridized carbons (Fsp3) is 0.636. The van der Waals surface area contributed by atoms with Crippen LogP contribution in [0.1, 0.15) is 26.6 Å². The highest BCUT2D eigenvalue weighted by Crippen LogP contribution is 2.26. The number of ether oxygens (including phenoxy) is 1. The monoisotopic (exact) mass is 224 g/mol. The summed E-state index contributed by atoms with van der Waals surface area (Å²) in [5, 5.41) is 3.09. The summed E-state index contributed by atoms with van der Waals surface area (Å²) in [5.74, 6) is 2.21. The summed E-state index contributed by atoms with van der Waals surface area (Å²) in [5.41, 5.74) is 6.39. The largest absolute Gasteiger partial charge is 0.476 e. The summed E-state index contributed by atoms with van der Waals surface area (Å²) < 4.78 is 5.55. The number of aromatic nitrogens is 2. The molecular weight excluding hydrogens is 204 g/mol. The van der Waals surface area contributed by atoms with E-state index in [0.29, 0.717) is 35.7 Å². The Hall–Kier alpha value is -1.52. The summed E-state index contributed by atoms with van der Waals surface area (Å²) in [6, 6.07) is 0. The van der Waals surface area contributed by atoms with E-state index in [9.17, 15) is 0 Å². The summed E-state index contributed by atoms with van der Waals surface area (Å²) in [7, 11) is 0. The molecule has 5 heteroatoms. The number of hydrogen-bond donors (Lipinski definition) is 2. The highest BCUT2D eigenvalue weighted by atomic mass is 16.5. The minimum Gasteiger partial charge on any atom is -0.476 e. The van der Waals surface area contributed by atoms with Crippen LogP contribution < -0.4 is 15.8 Å². The smallest absolute Gasteiger partial charge is 0.242 e. The molecule has 0 aliphatic heterocycles. The number of nitrogen functional groups attached to an aromatic ring is 1. The summed E-state index contributed by atoms with van der Waals surface area (Å²) in [6.45, 7) is 9.34. The van der Waals surface area contributed by atoms with Gasteiger partial charge in [0.25, 0.3) is 0 Å². The number of hydrogen-bond acceptors (Lipinski definition) is 5. The lowest BCUT2D eigenvalue weighted by molar-refractivity contribution is 0.262. The molecule has 1 heterocycles. The highest BCUT2D eigenvalue weighted by Gasteiger charge is 2.11. The minimum atomic E-state index is 0.442. The van der Waals surface area contributed by atoms with E-state index in [2.05, 4.69) is 29.1 Å². The minimum absolute atomic E-state index is 0.442. The van der Waals surface area contributed by atoms with Crippen molar-refractivity contribution in [1.29, 1.82) is 0 Å². The van der Waals surface area contributed by atoms with Gasteiger partial charge in [-0.15, -0.1) is 0 Å². The molecule has 0 unspecified atom stereocenters. The van der Waals surface area contributed by atoms with Gasteiger partial charge in [0.2, 0.25) is 5.88 Å². The lowest BCUT2D eigenvalue weighted by Crippen LogP contribution is -2.12. The van der Waals surface area contributed by atoms with Crippen LogP contribution in [0.25, 0.3) is 0 Å². The van der Waals surface area contributed by atoms with Gasteiger partial charge in [-0.05, 0) is 19.8 Å². The second-order valence-corrected chi connectivity index (χ2v) is 4.07. The van der Waals surface area contributed by atoms with Crippen LogP contribution in [0.2, 0.25) is 0 Å². The highest BCUT2D eigenvalue weighted by molar-refractivity contribution is 5.66. The number of nitrogens with one attached hydrogen (secondary N) is 1. The summed E-state index contributed by atoms with van der Waals surface area (Å²) in [6.07, 6.45) is 0. The van der Waals surface area contributed by atoms with E-state index in [1.807, 2.05) is 13.8 Å². The Kier molecular flexibility index (Phi) is 4.34. The maximum atomic E-state index is 5.91. The molecule has 0 saturated heterocycles. The Balaban J connectivity index is 2.90. The third-order valence-electron chi connectivity index (χ3n) is 1.92. The van der Waals surface area contributed by atoms with Crippen LogP contribution in [-0.4, -0.2) is 23.1 Å². The number of rotatable bonds is 5. The van der Waals surface area contributed by atoms with Crippen LogP contribution in [0.5, 0.6) is 5.88 Å². The number of aryl methyl sites for hydroxylation is 1. The summed E-state index contributed by atoms with van der Waals surface area (Å²) >= 11 is 0. The lowest BCUT2D eigenvalue weighted by atomic mass is 10.2. The Morgan fingerprint density at radius 3 is 2.62 bits per heavy atom. The Bertz CT molecular complexity index is 352. The van der Waals surface area contributed by atoms with Gasteiger partial charge in [0, 0.05) is 6.54 Å². The molecule has 0 aromatic carbocycles. The third-order valence-corrected chi connectivity index (χ3v) is 1.92. The first-order valence-corrected chi connectivity index (χ1v) is 5.55. The fourth-order valence-electron chi connectivity index (χ4n) is 1.21. The molecule has 0 aliphatic rings. The quantitative estimate of drug-likeness (QED) is 0.798. The zero-order valence-corrected chi connectivity index (χ0v) is 10.4. The van der Waals surface area contributed by atoms with Gasteiger partial charge in [-0.2, -0.15) is 4.98 Å². The van der Waals surface area contributed by atoms with Gasteiger partial charge in [-0.3, -0.25) is 0 Å². The predicted molar refractivity (Wildman–Crippen MR) is 65.7 cm³/mol. The molecule has 1 rings (SSSR count).